The van der Waals surface area contributed by atoms with E-state index in [-0.39, 0.29) is 0 Å². The van der Waals surface area contributed by atoms with E-state index in [0.717, 1.165) is 34.5 Å². The van der Waals surface area contributed by atoms with Crippen molar-refractivity contribution in [3.8, 4) is 0 Å². The summed E-state index contributed by atoms with van der Waals surface area (Å²) in [6.07, 6.45) is 2.02. The van der Waals surface area contributed by atoms with Gasteiger partial charge in [0.05, 0.1) is 0 Å². The van der Waals surface area contributed by atoms with Gasteiger partial charge in [-0.25, -0.2) is 0 Å². The van der Waals surface area contributed by atoms with E-state index in [1.54, 1.807) is 0 Å². The van der Waals surface area contributed by atoms with Gasteiger partial charge in [-0.3, -0.25) is 4.21 Å². The van der Waals surface area contributed by atoms with Gasteiger partial charge in [0, 0.05) is 38.5 Å². The summed E-state index contributed by atoms with van der Waals surface area (Å²) in [4.78, 5) is 0. The Kier molecular flexibility index (Phi) is 4.03. The lowest BCUT2D eigenvalue weighted by Gasteiger charge is -2.23. The normalized spacial score (nSPS) is 25.4. The molecular weight excluding hydrogens is 286 g/mol. The highest BCUT2D eigenvalue weighted by Gasteiger charge is 2.17. The Hall–Kier alpha value is -0.350. The van der Waals surface area contributed by atoms with Crippen molar-refractivity contribution >= 4 is 32.4 Å². The van der Waals surface area contributed by atoms with Gasteiger partial charge < -0.3 is 5.32 Å². The quantitative estimate of drug-likeness (QED) is 0.909. The minimum absolute atomic E-state index is 0.478. The van der Waals surface area contributed by atoms with Crippen LogP contribution in [0.15, 0.2) is 22.7 Å². The van der Waals surface area contributed by atoms with E-state index in [4.69, 9.17) is 0 Å². The van der Waals surface area contributed by atoms with Crippen molar-refractivity contribution in [1.82, 2.24) is 0 Å². The van der Waals surface area contributed by atoms with E-state index >= 15 is 0 Å². The molecule has 0 atom stereocenters. The number of hydrogen-bond donors (Lipinski definition) is 1. The third kappa shape index (κ3) is 3.32. The van der Waals surface area contributed by atoms with Gasteiger partial charge in [-0.2, -0.15) is 0 Å². The molecule has 1 fully saturated rings. The average Bonchev–Trinajstić information content (AvgIpc) is 2.20. The fraction of sp³-hybridized carbons (Fsp3) is 0.500. The molecule has 4 heteroatoms. The Morgan fingerprint density at radius 1 is 1.31 bits per heavy atom. The second-order valence-electron chi connectivity index (χ2n) is 4.28. The molecule has 1 aromatic carbocycles. The van der Waals surface area contributed by atoms with Crippen LogP contribution in [0.2, 0.25) is 0 Å². The molecule has 1 heterocycles. The van der Waals surface area contributed by atoms with Crippen molar-refractivity contribution in [3.05, 3.63) is 28.2 Å². The van der Waals surface area contributed by atoms with Crippen molar-refractivity contribution in [2.24, 2.45) is 0 Å². The zero-order valence-corrected chi connectivity index (χ0v) is 11.7. The van der Waals surface area contributed by atoms with Crippen LogP contribution in [0.4, 0.5) is 5.69 Å². The van der Waals surface area contributed by atoms with Gasteiger partial charge in [0.15, 0.2) is 0 Å². The van der Waals surface area contributed by atoms with Crippen LogP contribution < -0.4 is 5.32 Å². The van der Waals surface area contributed by atoms with Crippen LogP contribution in [0.1, 0.15) is 18.4 Å². The molecular formula is C12H16BrNOS. The fourth-order valence-electron chi connectivity index (χ4n) is 1.99. The second-order valence-corrected chi connectivity index (χ2v) is 6.90. The van der Waals surface area contributed by atoms with E-state index in [2.05, 4.69) is 46.4 Å². The Morgan fingerprint density at radius 3 is 2.62 bits per heavy atom. The highest BCUT2D eigenvalue weighted by atomic mass is 79.9. The lowest BCUT2D eigenvalue weighted by atomic mass is 10.1. The molecule has 0 aliphatic carbocycles. The number of anilines is 1. The molecule has 16 heavy (non-hydrogen) atoms. The van der Waals surface area contributed by atoms with Gasteiger partial charge in [-0.05, 0) is 43.5 Å². The highest BCUT2D eigenvalue weighted by molar-refractivity contribution is 9.10. The highest BCUT2D eigenvalue weighted by Crippen LogP contribution is 2.22. The van der Waals surface area contributed by atoms with Crippen molar-refractivity contribution in [1.29, 1.82) is 0 Å². The summed E-state index contributed by atoms with van der Waals surface area (Å²) in [6.45, 7) is 2.09. The average molecular weight is 302 g/mol. The van der Waals surface area contributed by atoms with Gasteiger partial charge in [0.25, 0.3) is 0 Å². The number of nitrogens with one attached hydrogen (secondary N) is 1. The van der Waals surface area contributed by atoms with E-state index in [1.165, 1.54) is 5.56 Å². The number of rotatable bonds is 2. The SMILES string of the molecule is Cc1cc(Br)cc(NC2CCS(=O)CC2)c1. The molecule has 0 aromatic heterocycles. The van der Waals surface area contributed by atoms with Gasteiger partial charge in [-0.1, -0.05) is 15.9 Å². The maximum absolute atomic E-state index is 11.2. The molecule has 0 spiro atoms. The van der Waals surface area contributed by atoms with Crippen LogP contribution >= 0.6 is 15.9 Å². The molecule has 1 aromatic rings. The van der Waals surface area contributed by atoms with Crippen LogP contribution in [0.3, 0.4) is 0 Å². The zero-order valence-electron chi connectivity index (χ0n) is 9.33. The minimum atomic E-state index is -0.577. The van der Waals surface area contributed by atoms with Crippen molar-refractivity contribution < 1.29 is 4.21 Å². The van der Waals surface area contributed by atoms with Crippen LogP contribution in [0, 0.1) is 6.92 Å². The number of halogens is 1. The fourth-order valence-corrected chi connectivity index (χ4v) is 3.90. The predicted octanol–water partition coefficient (Wildman–Crippen LogP) is 3.08. The molecule has 0 amide bonds. The Balaban J connectivity index is 2.00. The van der Waals surface area contributed by atoms with Crippen LogP contribution in [-0.4, -0.2) is 21.8 Å². The molecule has 0 bridgehead atoms. The number of hydrogen-bond acceptors (Lipinski definition) is 2. The van der Waals surface area contributed by atoms with E-state index in [1.807, 2.05) is 0 Å². The van der Waals surface area contributed by atoms with Gasteiger partial charge in [-0.15, -0.1) is 0 Å². The summed E-state index contributed by atoms with van der Waals surface area (Å²) in [7, 11) is -0.577. The standard InChI is InChI=1S/C12H16BrNOS/c1-9-6-10(13)8-12(7-9)14-11-2-4-16(15)5-3-11/h6-8,11,14H,2-5H2,1H3. The van der Waals surface area contributed by atoms with Crippen molar-refractivity contribution in [2.45, 2.75) is 25.8 Å². The largest absolute Gasteiger partial charge is 0.382 e. The van der Waals surface area contributed by atoms with E-state index in [0.29, 0.717) is 6.04 Å². The molecule has 88 valence electrons. The van der Waals surface area contributed by atoms with Gasteiger partial charge in [0.2, 0.25) is 0 Å². The molecule has 1 aliphatic heterocycles. The van der Waals surface area contributed by atoms with E-state index < -0.39 is 10.8 Å². The smallest absolute Gasteiger partial charge is 0.0356 e. The summed E-state index contributed by atoms with van der Waals surface area (Å²) < 4.78 is 12.4. The van der Waals surface area contributed by atoms with Crippen molar-refractivity contribution in [3.63, 3.8) is 0 Å². The van der Waals surface area contributed by atoms with Crippen molar-refractivity contribution in [2.75, 3.05) is 16.8 Å². The lowest BCUT2D eigenvalue weighted by Crippen LogP contribution is -2.29. The first-order valence-electron chi connectivity index (χ1n) is 5.52. The first-order valence-corrected chi connectivity index (χ1v) is 7.80. The number of aryl methyl sites for hydroxylation is 1. The Morgan fingerprint density at radius 2 is 2.00 bits per heavy atom. The number of benzene rings is 1. The first-order chi connectivity index (χ1) is 7.63. The zero-order chi connectivity index (χ0) is 11.5. The monoisotopic (exact) mass is 301 g/mol. The van der Waals surface area contributed by atoms with Gasteiger partial charge in [0.1, 0.15) is 0 Å². The molecule has 0 radical (unpaired) electrons. The topological polar surface area (TPSA) is 29.1 Å². The predicted molar refractivity (Wildman–Crippen MR) is 73.4 cm³/mol. The third-order valence-electron chi connectivity index (χ3n) is 2.80. The maximum Gasteiger partial charge on any atom is 0.0356 e. The van der Waals surface area contributed by atoms with E-state index in [9.17, 15) is 4.21 Å². The van der Waals surface area contributed by atoms with Gasteiger partial charge >= 0.3 is 0 Å². The molecule has 2 nitrogen and oxygen atoms in total. The molecule has 0 unspecified atom stereocenters. The first kappa shape index (κ1) is 12.1. The molecule has 0 saturated carbocycles. The summed E-state index contributed by atoms with van der Waals surface area (Å²) in [5, 5.41) is 3.52. The molecule has 1 saturated heterocycles. The molecule has 1 aliphatic rings. The Bertz CT molecular complexity index is 378. The second kappa shape index (κ2) is 5.32. The molecule has 1 N–H and O–H groups in total. The molecule has 2 rings (SSSR count). The summed E-state index contributed by atoms with van der Waals surface area (Å²) in [5.74, 6) is 1.68. The maximum atomic E-state index is 11.2. The summed E-state index contributed by atoms with van der Waals surface area (Å²) in [5.41, 5.74) is 2.40. The van der Waals surface area contributed by atoms with Crippen LogP contribution in [-0.2, 0) is 10.8 Å². The summed E-state index contributed by atoms with van der Waals surface area (Å²) in [6, 6.07) is 6.82. The summed E-state index contributed by atoms with van der Waals surface area (Å²) >= 11 is 3.50. The lowest BCUT2D eigenvalue weighted by molar-refractivity contribution is 0.624. The third-order valence-corrected chi connectivity index (χ3v) is 4.64. The van der Waals surface area contributed by atoms with Crippen LogP contribution in [0.25, 0.3) is 0 Å². The van der Waals surface area contributed by atoms with Crippen LogP contribution in [0.5, 0.6) is 0 Å². The Labute approximate surface area is 107 Å². The minimum Gasteiger partial charge on any atom is -0.382 e.